The van der Waals surface area contributed by atoms with Gasteiger partial charge in [-0.1, -0.05) is 18.2 Å². The number of aryl methyl sites for hydroxylation is 1. The van der Waals surface area contributed by atoms with Gasteiger partial charge in [-0.3, -0.25) is 4.79 Å². The molecule has 24 heavy (non-hydrogen) atoms. The summed E-state index contributed by atoms with van der Waals surface area (Å²) in [7, 11) is 0. The second-order valence-corrected chi connectivity index (χ2v) is 5.99. The van der Waals surface area contributed by atoms with Crippen molar-refractivity contribution in [2.45, 2.75) is 39.3 Å². The molecule has 0 unspecified atom stereocenters. The Morgan fingerprint density at radius 2 is 2.04 bits per heavy atom. The van der Waals surface area contributed by atoms with Gasteiger partial charge in [-0.05, 0) is 32.4 Å². The summed E-state index contributed by atoms with van der Waals surface area (Å²) < 4.78 is 6.95. The lowest BCUT2D eigenvalue weighted by atomic mass is 9.89. The van der Waals surface area contributed by atoms with Gasteiger partial charge in [0, 0.05) is 25.4 Å². The zero-order valence-corrected chi connectivity index (χ0v) is 14.3. The monoisotopic (exact) mass is 329 g/mol. The van der Waals surface area contributed by atoms with Gasteiger partial charge in [-0.15, -0.1) is 0 Å². The Balaban J connectivity index is 2.09. The number of carbonyl (C=O) groups is 2. The number of hydrogen-bond acceptors (Lipinski definition) is 4. The van der Waals surface area contributed by atoms with Gasteiger partial charge < -0.3 is 14.6 Å². The molecule has 1 N–H and O–H groups in total. The number of amides is 1. The number of carbonyl (C=O) groups excluding carboxylic acids is 2. The number of benzene rings is 1. The van der Waals surface area contributed by atoms with Gasteiger partial charge in [-0.25, -0.2) is 9.78 Å². The number of ether oxygens (including phenoxy) is 1. The second-order valence-electron chi connectivity index (χ2n) is 5.99. The topological polar surface area (TPSA) is 73.2 Å². The summed E-state index contributed by atoms with van der Waals surface area (Å²) >= 11 is 0. The van der Waals surface area contributed by atoms with Crippen molar-refractivity contribution in [3.63, 3.8) is 0 Å². The van der Waals surface area contributed by atoms with Crippen molar-refractivity contribution < 1.29 is 14.3 Å². The van der Waals surface area contributed by atoms with Crippen LogP contribution in [0.5, 0.6) is 0 Å². The van der Waals surface area contributed by atoms with E-state index in [9.17, 15) is 9.59 Å². The van der Waals surface area contributed by atoms with Crippen LogP contribution in [0.2, 0.25) is 0 Å². The van der Waals surface area contributed by atoms with Crippen LogP contribution in [0.15, 0.2) is 43.0 Å². The summed E-state index contributed by atoms with van der Waals surface area (Å²) in [6.07, 6.45) is 5.50. The minimum absolute atomic E-state index is 0.0904. The lowest BCUT2D eigenvalue weighted by Gasteiger charge is -2.28. The van der Waals surface area contributed by atoms with E-state index in [2.05, 4.69) is 10.3 Å². The maximum absolute atomic E-state index is 12.3. The molecule has 128 valence electrons. The molecule has 0 radical (unpaired) electrons. The fourth-order valence-corrected chi connectivity index (χ4v) is 2.54. The lowest BCUT2D eigenvalue weighted by molar-refractivity contribution is -0.123. The number of aromatic nitrogens is 2. The Morgan fingerprint density at radius 3 is 2.71 bits per heavy atom. The fraction of sp³-hybridized carbons (Fsp3) is 0.389. The first-order valence-corrected chi connectivity index (χ1v) is 7.97. The highest BCUT2D eigenvalue weighted by Crippen LogP contribution is 2.24. The third kappa shape index (κ3) is 4.44. The zero-order valence-electron chi connectivity index (χ0n) is 14.3. The molecule has 0 saturated heterocycles. The fourth-order valence-electron chi connectivity index (χ4n) is 2.54. The molecule has 2 rings (SSSR count). The van der Waals surface area contributed by atoms with E-state index in [1.807, 2.05) is 36.7 Å². The Labute approximate surface area is 141 Å². The molecule has 1 aromatic carbocycles. The van der Waals surface area contributed by atoms with E-state index in [1.165, 1.54) is 0 Å². The molecule has 0 atom stereocenters. The van der Waals surface area contributed by atoms with Gasteiger partial charge in [0.25, 0.3) is 0 Å². The van der Waals surface area contributed by atoms with Gasteiger partial charge in [0.05, 0.1) is 24.0 Å². The molecule has 1 aromatic heterocycles. The Hall–Kier alpha value is -2.63. The van der Waals surface area contributed by atoms with Crippen molar-refractivity contribution in [1.82, 2.24) is 14.9 Å². The molecular formula is C18H23N3O3. The van der Waals surface area contributed by atoms with Crippen molar-refractivity contribution in [1.29, 1.82) is 0 Å². The SMILES string of the molecule is CCOC(=O)c1ccccc1C(C)(C)NC(=O)CCn1ccnc1. The summed E-state index contributed by atoms with van der Waals surface area (Å²) in [6, 6.07) is 7.18. The van der Waals surface area contributed by atoms with E-state index >= 15 is 0 Å². The van der Waals surface area contributed by atoms with E-state index in [-0.39, 0.29) is 11.9 Å². The standard InChI is InChI=1S/C18H23N3O3/c1-4-24-17(23)14-7-5-6-8-15(14)18(2,3)20-16(22)9-11-21-12-10-19-13-21/h5-8,10,12-13H,4,9,11H2,1-3H3,(H,20,22). The first kappa shape index (κ1) is 17.7. The molecule has 0 aliphatic rings. The van der Waals surface area contributed by atoms with Crippen LogP contribution in [0.25, 0.3) is 0 Å². The quantitative estimate of drug-likeness (QED) is 0.792. The summed E-state index contributed by atoms with van der Waals surface area (Å²) in [5.41, 5.74) is 0.522. The maximum Gasteiger partial charge on any atom is 0.338 e. The van der Waals surface area contributed by atoms with Crippen LogP contribution in [0, 0.1) is 0 Å². The van der Waals surface area contributed by atoms with Crippen LogP contribution in [-0.4, -0.2) is 28.0 Å². The highest BCUT2D eigenvalue weighted by Gasteiger charge is 2.27. The second kappa shape index (κ2) is 7.77. The highest BCUT2D eigenvalue weighted by molar-refractivity contribution is 5.91. The summed E-state index contributed by atoms with van der Waals surface area (Å²) in [6.45, 7) is 6.39. The molecule has 0 aliphatic carbocycles. The van der Waals surface area contributed by atoms with Gasteiger partial charge >= 0.3 is 5.97 Å². The van der Waals surface area contributed by atoms with Crippen LogP contribution in [0.1, 0.15) is 43.1 Å². The van der Waals surface area contributed by atoms with E-state index in [0.717, 1.165) is 5.56 Å². The zero-order chi connectivity index (χ0) is 17.6. The maximum atomic E-state index is 12.3. The third-order valence-electron chi connectivity index (χ3n) is 3.70. The van der Waals surface area contributed by atoms with Crippen LogP contribution < -0.4 is 5.32 Å². The van der Waals surface area contributed by atoms with E-state index in [0.29, 0.717) is 25.1 Å². The Morgan fingerprint density at radius 1 is 1.29 bits per heavy atom. The van der Waals surface area contributed by atoms with Gasteiger partial charge in [0.2, 0.25) is 5.91 Å². The van der Waals surface area contributed by atoms with Crippen molar-refractivity contribution in [2.24, 2.45) is 0 Å². The predicted octanol–water partition coefficient (Wildman–Crippen LogP) is 2.50. The van der Waals surface area contributed by atoms with Crippen molar-refractivity contribution in [3.05, 3.63) is 54.1 Å². The number of hydrogen-bond donors (Lipinski definition) is 1. The number of nitrogens with zero attached hydrogens (tertiary/aromatic N) is 2. The van der Waals surface area contributed by atoms with Gasteiger partial charge in [0.15, 0.2) is 0 Å². The summed E-state index contributed by atoms with van der Waals surface area (Å²) in [5, 5.41) is 2.99. The van der Waals surface area contributed by atoms with E-state index in [4.69, 9.17) is 4.74 Å². The highest BCUT2D eigenvalue weighted by atomic mass is 16.5. The minimum atomic E-state index is -0.685. The molecule has 6 nitrogen and oxygen atoms in total. The number of nitrogens with one attached hydrogen (secondary N) is 1. The summed E-state index contributed by atoms with van der Waals surface area (Å²) in [5.74, 6) is -0.471. The van der Waals surface area contributed by atoms with Crippen LogP contribution in [0.3, 0.4) is 0 Å². The smallest absolute Gasteiger partial charge is 0.338 e. The average molecular weight is 329 g/mol. The molecular weight excluding hydrogens is 306 g/mol. The van der Waals surface area contributed by atoms with Crippen molar-refractivity contribution >= 4 is 11.9 Å². The molecule has 1 amide bonds. The first-order valence-electron chi connectivity index (χ1n) is 7.97. The minimum Gasteiger partial charge on any atom is -0.462 e. The van der Waals surface area contributed by atoms with E-state index < -0.39 is 5.54 Å². The van der Waals surface area contributed by atoms with E-state index in [1.54, 1.807) is 31.6 Å². The molecule has 0 aliphatic heterocycles. The van der Waals surface area contributed by atoms with Crippen LogP contribution >= 0.6 is 0 Å². The Bertz CT molecular complexity index is 693. The van der Waals surface area contributed by atoms with Crippen molar-refractivity contribution in [2.75, 3.05) is 6.61 Å². The van der Waals surface area contributed by atoms with Crippen LogP contribution in [0.4, 0.5) is 0 Å². The van der Waals surface area contributed by atoms with Gasteiger partial charge in [-0.2, -0.15) is 0 Å². The molecule has 6 heteroatoms. The summed E-state index contributed by atoms with van der Waals surface area (Å²) in [4.78, 5) is 28.4. The number of rotatable bonds is 7. The first-order chi connectivity index (χ1) is 11.4. The largest absolute Gasteiger partial charge is 0.462 e. The third-order valence-corrected chi connectivity index (χ3v) is 3.70. The van der Waals surface area contributed by atoms with Gasteiger partial charge in [0.1, 0.15) is 0 Å². The number of esters is 1. The molecule has 0 fully saturated rings. The molecule has 2 aromatic rings. The lowest BCUT2D eigenvalue weighted by Crippen LogP contribution is -2.42. The normalized spacial score (nSPS) is 11.1. The number of imidazole rings is 1. The molecule has 1 heterocycles. The predicted molar refractivity (Wildman–Crippen MR) is 90.4 cm³/mol. The molecule has 0 bridgehead atoms. The average Bonchev–Trinajstić information content (AvgIpc) is 3.06. The van der Waals surface area contributed by atoms with Crippen LogP contribution in [-0.2, 0) is 21.6 Å². The molecule has 0 saturated carbocycles. The molecule has 0 spiro atoms. The Kier molecular flexibility index (Phi) is 5.73. The van der Waals surface area contributed by atoms with Crippen molar-refractivity contribution in [3.8, 4) is 0 Å².